The fourth-order valence-corrected chi connectivity index (χ4v) is 3.84. The van der Waals surface area contributed by atoms with Crippen molar-refractivity contribution in [2.24, 2.45) is 11.8 Å². The van der Waals surface area contributed by atoms with Gasteiger partial charge in [0.15, 0.2) is 0 Å². The van der Waals surface area contributed by atoms with Crippen LogP contribution in [-0.4, -0.2) is 45.9 Å². The number of nitrogens with one attached hydrogen (secondary N) is 2. The summed E-state index contributed by atoms with van der Waals surface area (Å²) in [6.45, 7) is 7.79. The lowest BCUT2D eigenvalue weighted by Crippen LogP contribution is -2.52. The van der Waals surface area contributed by atoms with E-state index in [9.17, 15) is 9.59 Å². The van der Waals surface area contributed by atoms with Crippen LogP contribution in [0.1, 0.15) is 39.6 Å². The van der Waals surface area contributed by atoms with Gasteiger partial charge in [0.05, 0.1) is 30.9 Å². The average molecular weight is 497 g/mol. The molecule has 0 aliphatic carbocycles. The van der Waals surface area contributed by atoms with Gasteiger partial charge in [0.1, 0.15) is 11.9 Å². The van der Waals surface area contributed by atoms with Crippen LogP contribution in [0.25, 0.3) is 11.3 Å². The second-order valence-electron chi connectivity index (χ2n) is 7.68. The van der Waals surface area contributed by atoms with E-state index in [-0.39, 0.29) is 29.7 Å². The number of halogens is 1. The van der Waals surface area contributed by atoms with Gasteiger partial charge in [0, 0.05) is 4.47 Å². The van der Waals surface area contributed by atoms with Crippen molar-refractivity contribution in [3.8, 4) is 11.3 Å². The Hall–Kier alpha value is -2.00. The van der Waals surface area contributed by atoms with Crippen LogP contribution in [-0.2, 0) is 9.53 Å². The van der Waals surface area contributed by atoms with Gasteiger partial charge < -0.3 is 19.9 Å². The van der Waals surface area contributed by atoms with Crippen LogP contribution in [0.4, 0.5) is 4.79 Å². The van der Waals surface area contributed by atoms with Crippen LogP contribution in [0.15, 0.2) is 34.9 Å². The topological polar surface area (TPSA) is 87.3 Å². The van der Waals surface area contributed by atoms with Crippen molar-refractivity contribution in [3.63, 3.8) is 0 Å². The second-order valence-corrected chi connectivity index (χ2v) is 8.88. The fraction of sp³-hybridized carbons (Fsp3) is 0.476. The number of alkyl carbamates (subject to hydrolysis) is 1. The summed E-state index contributed by atoms with van der Waals surface area (Å²) in [5.74, 6) is 0.566. The van der Waals surface area contributed by atoms with Gasteiger partial charge in [-0.25, -0.2) is 9.78 Å². The number of amides is 2. The van der Waals surface area contributed by atoms with Gasteiger partial charge in [-0.3, -0.25) is 4.79 Å². The summed E-state index contributed by atoms with van der Waals surface area (Å²) >= 11 is 7.86. The van der Waals surface area contributed by atoms with Crippen molar-refractivity contribution in [1.82, 2.24) is 20.2 Å². The molecule has 1 aromatic heterocycles. The molecule has 164 valence electrons. The van der Waals surface area contributed by atoms with E-state index in [2.05, 4.69) is 48.6 Å². The van der Waals surface area contributed by atoms with E-state index in [0.717, 1.165) is 15.7 Å². The molecule has 0 saturated heterocycles. The maximum Gasteiger partial charge on any atom is 0.407 e. The molecule has 1 aromatic carbocycles. The second kappa shape index (κ2) is 10.9. The summed E-state index contributed by atoms with van der Waals surface area (Å²) in [7, 11) is 1.27. The van der Waals surface area contributed by atoms with E-state index in [1.165, 1.54) is 7.11 Å². The molecule has 0 bridgehead atoms. The number of carbonyl (C=O) groups is 2. The van der Waals surface area contributed by atoms with Crippen molar-refractivity contribution < 1.29 is 14.3 Å². The minimum Gasteiger partial charge on any atom is -0.453 e. The molecule has 0 aliphatic heterocycles. The summed E-state index contributed by atoms with van der Waals surface area (Å²) in [4.78, 5) is 34.7. The predicted octanol–water partition coefficient (Wildman–Crippen LogP) is 4.63. The molecule has 2 atom stereocenters. The molecule has 2 amide bonds. The Balaban J connectivity index is 2.35. The molecule has 0 aliphatic rings. The first-order chi connectivity index (χ1) is 14.2. The number of rotatable bonds is 8. The van der Waals surface area contributed by atoms with Crippen molar-refractivity contribution >= 4 is 40.6 Å². The Bertz CT molecular complexity index is 854. The molecule has 0 radical (unpaired) electrons. The van der Waals surface area contributed by atoms with E-state index in [1.54, 1.807) is 11.1 Å². The van der Waals surface area contributed by atoms with E-state index in [0.29, 0.717) is 5.82 Å². The molecule has 1 heterocycles. The number of H-pyrrole nitrogens is 1. The van der Waals surface area contributed by atoms with Crippen molar-refractivity contribution in [3.05, 3.63) is 40.8 Å². The summed E-state index contributed by atoms with van der Waals surface area (Å²) in [5, 5.41) is 2.64. The molecule has 9 heteroatoms. The van der Waals surface area contributed by atoms with Crippen LogP contribution in [0.2, 0.25) is 0 Å². The van der Waals surface area contributed by atoms with Gasteiger partial charge in [-0.2, -0.15) is 12.6 Å². The molecule has 2 unspecified atom stereocenters. The molecular weight excluding hydrogens is 468 g/mol. The van der Waals surface area contributed by atoms with Gasteiger partial charge in [0.2, 0.25) is 5.91 Å². The molecule has 2 aromatic rings. The number of thiol groups is 1. The summed E-state index contributed by atoms with van der Waals surface area (Å²) in [5.41, 5.74) is 1.86. The normalized spacial score (nSPS) is 13.2. The number of benzene rings is 1. The number of hydrogen-bond acceptors (Lipinski definition) is 5. The Labute approximate surface area is 191 Å². The minimum atomic E-state index is -0.730. The quantitative estimate of drug-likeness (QED) is 0.367. The number of aromatic amines is 1. The first-order valence-corrected chi connectivity index (χ1v) is 11.2. The van der Waals surface area contributed by atoms with Crippen molar-refractivity contribution in [2.75, 3.05) is 13.0 Å². The number of ether oxygens (including phenoxy) is 1. The summed E-state index contributed by atoms with van der Waals surface area (Å²) < 4.78 is 5.68. The van der Waals surface area contributed by atoms with Gasteiger partial charge in [0.25, 0.3) is 0 Å². The third kappa shape index (κ3) is 5.78. The molecule has 7 nitrogen and oxygen atoms in total. The zero-order valence-corrected chi connectivity index (χ0v) is 20.3. The number of carbonyl (C=O) groups excluding carboxylic acids is 2. The first kappa shape index (κ1) is 24.3. The van der Waals surface area contributed by atoms with Crippen LogP contribution in [0.5, 0.6) is 0 Å². The predicted molar refractivity (Wildman–Crippen MR) is 124 cm³/mol. The number of nitrogens with zero attached hydrogens (tertiary/aromatic N) is 2. The van der Waals surface area contributed by atoms with Crippen LogP contribution in [0.3, 0.4) is 0 Å². The maximum absolute atomic E-state index is 13.4. The molecular formula is C21H29BrN4O3S. The fourth-order valence-electron chi connectivity index (χ4n) is 3.26. The summed E-state index contributed by atoms with van der Waals surface area (Å²) in [6.07, 6.45) is 1.12. The van der Waals surface area contributed by atoms with Gasteiger partial charge in [-0.1, -0.05) is 55.8 Å². The molecule has 2 rings (SSSR count). The Morgan fingerprint density at radius 2 is 1.83 bits per heavy atom. The van der Waals surface area contributed by atoms with E-state index < -0.39 is 12.1 Å². The van der Waals surface area contributed by atoms with Gasteiger partial charge in [-0.15, -0.1) is 0 Å². The highest BCUT2D eigenvalue weighted by atomic mass is 79.9. The van der Waals surface area contributed by atoms with E-state index in [1.807, 2.05) is 52.0 Å². The Morgan fingerprint density at radius 3 is 2.33 bits per heavy atom. The smallest absolute Gasteiger partial charge is 0.407 e. The van der Waals surface area contributed by atoms with E-state index >= 15 is 0 Å². The van der Waals surface area contributed by atoms with Crippen LogP contribution < -0.4 is 5.32 Å². The third-order valence-corrected chi connectivity index (χ3v) is 5.66. The molecule has 0 saturated carbocycles. The lowest BCUT2D eigenvalue weighted by Gasteiger charge is -2.35. The standard InChI is InChI=1S/C21H29BrN4O3S/c1-12(2)17(25-21(28)29-5)20(27)26(11-30)18(13(3)4)19-23-10-16(24-19)14-6-8-15(22)9-7-14/h6-10,12-13,17-18,30H,11H2,1-5H3,(H,23,24)(H,25,28). The Kier molecular flexibility index (Phi) is 8.78. The number of aromatic nitrogens is 2. The van der Waals surface area contributed by atoms with Crippen molar-refractivity contribution in [2.45, 2.75) is 39.8 Å². The van der Waals surface area contributed by atoms with Gasteiger partial charge in [-0.05, 0) is 29.5 Å². The molecule has 0 spiro atoms. The maximum atomic E-state index is 13.4. The molecule has 30 heavy (non-hydrogen) atoms. The van der Waals surface area contributed by atoms with Crippen molar-refractivity contribution in [1.29, 1.82) is 0 Å². The lowest BCUT2D eigenvalue weighted by atomic mass is 9.98. The average Bonchev–Trinajstić information content (AvgIpc) is 3.18. The molecule has 2 N–H and O–H groups in total. The highest BCUT2D eigenvalue weighted by Crippen LogP contribution is 2.30. The van der Waals surface area contributed by atoms with Crippen LogP contribution >= 0.6 is 28.6 Å². The monoisotopic (exact) mass is 496 g/mol. The highest BCUT2D eigenvalue weighted by Gasteiger charge is 2.35. The van der Waals surface area contributed by atoms with E-state index in [4.69, 9.17) is 0 Å². The molecule has 0 fully saturated rings. The largest absolute Gasteiger partial charge is 0.453 e. The minimum absolute atomic E-state index is 0.0657. The number of imidazole rings is 1. The lowest BCUT2D eigenvalue weighted by molar-refractivity contribution is -0.137. The first-order valence-electron chi connectivity index (χ1n) is 9.76. The highest BCUT2D eigenvalue weighted by molar-refractivity contribution is 9.10. The number of methoxy groups -OCH3 is 1. The Morgan fingerprint density at radius 1 is 1.20 bits per heavy atom. The summed E-state index contributed by atoms with van der Waals surface area (Å²) in [6, 6.07) is 6.84. The zero-order valence-electron chi connectivity index (χ0n) is 17.8. The SMILES string of the molecule is COC(=O)NC(C(=O)N(CS)C(c1ncc(-c2ccc(Br)cc2)[nH]1)C(C)C)C(C)C. The zero-order chi connectivity index (χ0) is 22.4. The van der Waals surface area contributed by atoms with Crippen LogP contribution in [0, 0.1) is 11.8 Å². The third-order valence-electron chi connectivity index (χ3n) is 4.83. The van der Waals surface area contributed by atoms with Gasteiger partial charge >= 0.3 is 6.09 Å². The number of hydrogen-bond donors (Lipinski definition) is 3.